The van der Waals surface area contributed by atoms with Crippen LogP contribution in [0.5, 0.6) is 0 Å². The lowest BCUT2D eigenvalue weighted by molar-refractivity contribution is -0.113. The molecule has 20 heavy (non-hydrogen) atoms. The summed E-state index contributed by atoms with van der Waals surface area (Å²) < 4.78 is 1.04. The van der Waals surface area contributed by atoms with Crippen molar-refractivity contribution in [2.45, 2.75) is 11.8 Å². The molecule has 2 rings (SSSR count). The van der Waals surface area contributed by atoms with E-state index in [0.29, 0.717) is 16.6 Å². The van der Waals surface area contributed by atoms with Crippen LogP contribution in [0.2, 0.25) is 5.02 Å². The van der Waals surface area contributed by atoms with E-state index in [1.165, 1.54) is 18.0 Å². The zero-order chi connectivity index (χ0) is 14.5. The SMILES string of the molecule is Cc1cc(Br)ccc1SCC(=O)Nc1ccc(Cl)cn1. The molecule has 0 radical (unpaired) electrons. The van der Waals surface area contributed by atoms with Gasteiger partial charge in [0, 0.05) is 15.6 Å². The van der Waals surface area contributed by atoms with Gasteiger partial charge >= 0.3 is 0 Å². The van der Waals surface area contributed by atoms with Gasteiger partial charge in [-0.05, 0) is 42.8 Å². The van der Waals surface area contributed by atoms with Crippen LogP contribution in [-0.4, -0.2) is 16.6 Å². The van der Waals surface area contributed by atoms with Gasteiger partial charge < -0.3 is 5.32 Å². The molecule has 0 saturated heterocycles. The van der Waals surface area contributed by atoms with Crippen molar-refractivity contribution >= 4 is 51.0 Å². The van der Waals surface area contributed by atoms with Crippen molar-refractivity contribution in [3.63, 3.8) is 0 Å². The lowest BCUT2D eigenvalue weighted by Gasteiger charge is -2.07. The minimum absolute atomic E-state index is 0.0906. The quantitative estimate of drug-likeness (QED) is 0.802. The highest BCUT2D eigenvalue weighted by atomic mass is 79.9. The third-order valence-corrected chi connectivity index (χ3v) is 4.38. The van der Waals surface area contributed by atoms with E-state index < -0.39 is 0 Å². The fourth-order valence-corrected chi connectivity index (χ4v) is 2.94. The number of nitrogens with zero attached hydrogens (tertiary/aromatic N) is 1. The van der Waals surface area contributed by atoms with Gasteiger partial charge in [-0.3, -0.25) is 4.79 Å². The largest absolute Gasteiger partial charge is 0.310 e. The van der Waals surface area contributed by atoms with Gasteiger partial charge in [0.2, 0.25) is 5.91 Å². The third-order valence-electron chi connectivity index (χ3n) is 2.49. The fraction of sp³-hybridized carbons (Fsp3) is 0.143. The summed E-state index contributed by atoms with van der Waals surface area (Å²) in [7, 11) is 0. The molecular weight excluding hydrogens is 360 g/mol. The summed E-state index contributed by atoms with van der Waals surface area (Å²) in [4.78, 5) is 16.9. The number of rotatable bonds is 4. The molecule has 0 fully saturated rings. The van der Waals surface area contributed by atoms with Gasteiger partial charge in [0.05, 0.1) is 10.8 Å². The van der Waals surface area contributed by atoms with Gasteiger partial charge in [0.1, 0.15) is 5.82 Å². The summed E-state index contributed by atoms with van der Waals surface area (Å²) in [6.07, 6.45) is 1.50. The Labute approximate surface area is 135 Å². The van der Waals surface area contributed by atoms with E-state index in [-0.39, 0.29) is 5.91 Å². The number of thioether (sulfide) groups is 1. The zero-order valence-electron chi connectivity index (χ0n) is 10.7. The minimum Gasteiger partial charge on any atom is -0.310 e. The zero-order valence-corrected chi connectivity index (χ0v) is 13.8. The lowest BCUT2D eigenvalue weighted by atomic mass is 10.2. The predicted octanol–water partition coefficient (Wildman–Crippen LogP) is 4.54. The number of carbonyl (C=O) groups excluding carboxylic acids is 1. The van der Waals surface area contributed by atoms with Crippen LogP contribution in [0.4, 0.5) is 5.82 Å². The number of aromatic nitrogens is 1. The predicted molar refractivity (Wildman–Crippen MR) is 87.5 cm³/mol. The number of carbonyl (C=O) groups is 1. The van der Waals surface area contributed by atoms with Crippen LogP contribution in [0.3, 0.4) is 0 Å². The van der Waals surface area contributed by atoms with Gasteiger partial charge in [-0.1, -0.05) is 27.5 Å². The molecule has 1 amide bonds. The second-order valence-corrected chi connectivity index (χ2v) is 6.48. The van der Waals surface area contributed by atoms with Gasteiger partial charge in [0.25, 0.3) is 0 Å². The number of hydrogen-bond donors (Lipinski definition) is 1. The van der Waals surface area contributed by atoms with Crippen LogP contribution >= 0.6 is 39.3 Å². The molecule has 1 heterocycles. The molecule has 0 spiro atoms. The van der Waals surface area contributed by atoms with E-state index in [9.17, 15) is 4.79 Å². The smallest absolute Gasteiger partial charge is 0.235 e. The van der Waals surface area contributed by atoms with Crippen LogP contribution in [-0.2, 0) is 4.79 Å². The van der Waals surface area contributed by atoms with Crippen LogP contribution < -0.4 is 5.32 Å². The fourth-order valence-electron chi connectivity index (χ4n) is 1.55. The van der Waals surface area contributed by atoms with Gasteiger partial charge in [-0.15, -0.1) is 11.8 Å². The maximum Gasteiger partial charge on any atom is 0.235 e. The molecular formula is C14H12BrClN2OS. The van der Waals surface area contributed by atoms with E-state index in [0.717, 1.165) is 14.9 Å². The standard InChI is InChI=1S/C14H12BrClN2OS/c1-9-6-10(15)2-4-12(9)20-8-14(19)18-13-5-3-11(16)7-17-13/h2-7H,8H2,1H3,(H,17,18,19). The summed E-state index contributed by atoms with van der Waals surface area (Å²) in [5.41, 5.74) is 1.14. The number of nitrogens with one attached hydrogen (secondary N) is 1. The number of aryl methyl sites for hydroxylation is 1. The van der Waals surface area contributed by atoms with Crippen LogP contribution in [0.1, 0.15) is 5.56 Å². The number of pyridine rings is 1. The van der Waals surface area contributed by atoms with Crippen molar-refractivity contribution in [2.75, 3.05) is 11.1 Å². The molecule has 0 aliphatic heterocycles. The molecule has 0 aliphatic rings. The molecule has 1 aromatic heterocycles. The summed E-state index contributed by atoms with van der Waals surface area (Å²) in [5, 5.41) is 3.28. The first-order valence-electron chi connectivity index (χ1n) is 5.85. The van der Waals surface area contributed by atoms with Crippen molar-refractivity contribution in [2.24, 2.45) is 0 Å². The van der Waals surface area contributed by atoms with Crippen molar-refractivity contribution in [1.82, 2.24) is 4.98 Å². The van der Waals surface area contributed by atoms with Gasteiger partial charge in [0.15, 0.2) is 0 Å². The highest BCUT2D eigenvalue weighted by molar-refractivity contribution is 9.10. The molecule has 6 heteroatoms. The summed E-state index contributed by atoms with van der Waals surface area (Å²) in [6, 6.07) is 9.36. The average Bonchev–Trinajstić information content (AvgIpc) is 2.40. The van der Waals surface area contributed by atoms with E-state index in [4.69, 9.17) is 11.6 Å². The first kappa shape index (κ1) is 15.4. The number of benzene rings is 1. The molecule has 1 N–H and O–H groups in total. The van der Waals surface area contributed by atoms with E-state index in [1.54, 1.807) is 12.1 Å². The number of anilines is 1. The molecule has 0 bridgehead atoms. The first-order valence-corrected chi connectivity index (χ1v) is 8.00. The molecule has 3 nitrogen and oxygen atoms in total. The van der Waals surface area contributed by atoms with E-state index in [1.807, 2.05) is 25.1 Å². The Kier molecular flexibility index (Phi) is 5.46. The third kappa shape index (κ3) is 4.51. The Hall–Kier alpha value is -1.04. The number of amides is 1. The molecule has 104 valence electrons. The van der Waals surface area contributed by atoms with Crippen molar-refractivity contribution in [3.8, 4) is 0 Å². The highest BCUT2D eigenvalue weighted by Crippen LogP contribution is 2.25. The van der Waals surface area contributed by atoms with Crippen molar-refractivity contribution < 1.29 is 4.79 Å². The van der Waals surface area contributed by atoms with Gasteiger partial charge in [-0.2, -0.15) is 0 Å². The average molecular weight is 372 g/mol. The monoisotopic (exact) mass is 370 g/mol. The topological polar surface area (TPSA) is 42.0 Å². The Morgan fingerprint density at radius 2 is 2.20 bits per heavy atom. The molecule has 0 aliphatic carbocycles. The van der Waals surface area contributed by atoms with Crippen LogP contribution in [0, 0.1) is 6.92 Å². The number of halogens is 2. The lowest BCUT2D eigenvalue weighted by Crippen LogP contribution is -2.14. The van der Waals surface area contributed by atoms with Crippen LogP contribution in [0.25, 0.3) is 0 Å². The molecule has 0 atom stereocenters. The number of hydrogen-bond acceptors (Lipinski definition) is 3. The second-order valence-electron chi connectivity index (χ2n) is 4.11. The molecule has 0 unspecified atom stereocenters. The Morgan fingerprint density at radius 1 is 1.40 bits per heavy atom. The normalized spacial score (nSPS) is 10.3. The Morgan fingerprint density at radius 3 is 2.85 bits per heavy atom. The summed E-state index contributed by atoms with van der Waals surface area (Å²) in [5.74, 6) is 0.756. The Balaban J connectivity index is 1.90. The van der Waals surface area contributed by atoms with Crippen molar-refractivity contribution in [1.29, 1.82) is 0 Å². The molecule has 0 saturated carbocycles. The maximum absolute atomic E-state index is 11.8. The molecule has 2 aromatic rings. The van der Waals surface area contributed by atoms with Crippen molar-refractivity contribution in [3.05, 3.63) is 51.6 Å². The van der Waals surface area contributed by atoms with Gasteiger partial charge in [-0.25, -0.2) is 4.98 Å². The molecule has 1 aromatic carbocycles. The minimum atomic E-state index is -0.0906. The summed E-state index contributed by atoms with van der Waals surface area (Å²) >= 11 is 10.7. The summed E-state index contributed by atoms with van der Waals surface area (Å²) in [6.45, 7) is 2.02. The first-order chi connectivity index (χ1) is 9.54. The highest BCUT2D eigenvalue weighted by Gasteiger charge is 2.06. The van der Waals surface area contributed by atoms with E-state index >= 15 is 0 Å². The maximum atomic E-state index is 11.8. The Bertz CT molecular complexity index is 619. The second kappa shape index (κ2) is 7.11. The van der Waals surface area contributed by atoms with Crippen LogP contribution in [0.15, 0.2) is 45.9 Å². The van der Waals surface area contributed by atoms with E-state index in [2.05, 4.69) is 26.2 Å².